The molecular weight excluding hydrogens is 441 g/mol. The smallest absolute Gasteiger partial charge is 0.269 e. The molecule has 5 aromatic rings. The first-order valence-electron chi connectivity index (χ1n) is 9.95. The van der Waals surface area contributed by atoms with Gasteiger partial charge in [-0.05, 0) is 30.3 Å². The standard InChI is InChI=1S/C24H16FN5O2S/c25-20-6-2-4-8-22(20)28-24-29(27-14-17-13-26-21-7-3-1-5-19(17)21)23(15-33-24)16-9-11-18(12-10-16)30(31)32/h1-15,26H. The van der Waals surface area contributed by atoms with E-state index >= 15 is 0 Å². The summed E-state index contributed by atoms with van der Waals surface area (Å²) in [5.74, 6) is -0.435. The Morgan fingerprint density at radius 3 is 2.58 bits per heavy atom. The van der Waals surface area contributed by atoms with Crippen LogP contribution < -0.4 is 4.80 Å². The second kappa shape index (κ2) is 8.64. The van der Waals surface area contributed by atoms with Crippen LogP contribution in [0.25, 0.3) is 22.2 Å². The lowest BCUT2D eigenvalue weighted by atomic mass is 10.1. The van der Waals surface area contributed by atoms with Crippen molar-refractivity contribution in [3.8, 4) is 11.3 Å². The van der Waals surface area contributed by atoms with Gasteiger partial charge < -0.3 is 4.98 Å². The Labute approximate surface area is 191 Å². The number of para-hydroxylation sites is 2. The number of aromatic amines is 1. The molecule has 0 radical (unpaired) electrons. The molecule has 5 rings (SSSR count). The third-order valence-electron chi connectivity index (χ3n) is 5.06. The SMILES string of the molecule is O=[N+]([O-])c1ccc(-c2csc(=Nc3ccccc3F)n2N=Cc2c[nH]c3ccccc23)cc1. The van der Waals surface area contributed by atoms with Gasteiger partial charge in [0.2, 0.25) is 4.80 Å². The van der Waals surface area contributed by atoms with Gasteiger partial charge in [-0.3, -0.25) is 10.1 Å². The van der Waals surface area contributed by atoms with Crippen LogP contribution in [0.1, 0.15) is 5.56 Å². The van der Waals surface area contributed by atoms with E-state index in [-0.39, 0.29) is 11.4 Å². The number of aromatic nitrogens is 2. The van der Waals surface area contributed by atoms with E-state index in [1.54, 1.807) is 41.2 Å². The van der Waals surface area contributed by atoms with Gasteiger partial charge in [0.25, 0.3) is 5.69 Å². The van der Waals surface area contributed by atoms with Gasteiger partial charge in [0.1, 0.15) is 11.5 Å². The van der Waals surface area contributed by atoms with Gasteiger partial charge in [0.15, 0.2) is 0 Å². The van der Waals surface area contributed by atoms with Crippen LogP contribution >= 0.6 is 11.3 Å². The molecule has 2 heterocycles. The summed E-state index contributed by atoms with van der Waals surface area (Å²) in [4.78, 5) is 18.7. The number of benzene rings is 3. The van der Waals surface area contributed by atoms with E-state index in [1.807, 2.05) is 35.8 Å². The number of nitrogens with zero attached hydrogens (tertiary/aromatic N) is 4. The number of fused-ring (bicyclic) bond motifs is 1. The molecule has 0 aliphatic rings. The van der Waals surface area contributed by atoms with Crippen LogP contribution in [0.2, 0.25) is 0 Å². The minimum Gasteiger partial charge on any atom is -0.361 e. The number of rotatable bonds is 5. The zero-order valence-electron chi connectivity index (χ0n) is 17.1. The van der Waals surface area contributed by atoms with Crippen molar-refractivity contribution in [3.63, 3.8) is 0 Å². The van der Waals surface area contributed by atoms with E-state index in [9.17, 15) is 14.5 Å². The maximum absolute atomic E-state index is 14.2. The molecule has 7 nitrogen and oxygen atoms in total. The third kappa shape index (κ3) is 4.09. The molecule has 0 unspecified atom stereocenters. The number of H-pyrrole nitrogens is 1. The van der Waals surface area contributed by atoms with Crippen LogP contribution in [0.3, 0.4) is 0 Å². The average molecular weight is 457 g/mol. The molecule has 1 N–H and O–H groups in total. The summed E-state index contributed by atoms with van der Waals surface area (Å²) in [6, 6.07) is 20.3. The van der Waals surface area contributed by atoms with Crippen LogP contribution in [0, 0.1) is 15.9 Å². The Bertz CT molecular complexity index is 1560. The fourth-order valence-electron chi connectivity index (χ4n) is 3.41. The molecule has 3 aromatic carbocycles. The lowest BCUT2D eigenvalue weighted by molar-refractivity contribution is -0.384. The first-order valence-corrected chi connectivity index (χ1v) is 10.8. The molecule has 0 amide bonds. The van der Waals surface area contributed by atoms with E-state index in [4.69, 9.17) is 0 Å². The van der Waals surface area contributed by atoms with Crippen molar-refractivity contribution in [3.05, 3.63) is 111 Å². The van der Waals surface area contributed by atoms with Crippen molar-refractivity contribution in [2.24, 2.45) is 10.1 Å². The molecule has 0 aliphatic heterocycles. The van der Waals surface area contributed by atoms with E-state index in [0.29, 0.717) is 10.5 Å². The van der Waals surface area contributed by atoms with Gasteiger partial charge in [-0.1, -0.05) is 30.3 Å². The Balaban J connectivity index is 1.65. The predicted molar refractivity (Wildman–Crippen MR) is 127 cm³/mol. The molecule has 0 bridgehead atoms. The number of thiazole rings is 1. The summed E-state index contributed by atoms with van der Waals surface area (Å²) in [6.45, 7) is 0. The fourth-order valence-corrected chi connectivity index (χ4v) is 4.26. The fraction of sp³-hybridized carbons (Fsp3) is 0. The highest BCUT2D eigenvalue weighted by atomic mass is 32.1. The summed E-state index contributed by atoms with van der Waals surface area (Å²) in [7, 11) is 0. The van der Waals surface area contributed by atoms with E-state index in [1.165, 1.54) is 29.5 Å². The maximum Gasteiger partial charge on any atom is 0.269 e. The number of halogens is 1. The molecule has 0 spiro atoms. The molecule has 2 aromatic heterocycles. The molecule has 33 heavy (non-hydrogen) atoms. The number of hydrogen-bond acceptors (Lipinski definition) is 5. The normalized spacial score (nSPS) is 12.1. The quantitative estimate of drug-likeness (QED) is 0.204. The van der Waals surface area contributed by atoms with Crippen LogP contribution in [0.15, 0.2) is 94.5 Å². The van der Waals surface area contributed by atoms with E-state index in [0.717, 1.165) is 22.0 Å². The van der Waals surface area contributed by atoms with Crippen LogP contribution in [-0.4, -0.2) is 20.8 Å². The molecule has 0 atom stereocenters. The van der Waals surface area contributed by atoms with Gasteiger partial charge in [-0.2, -0.15) is 5.10 Å². The number of nitro groups is 1. The molecule has 162 valence electrons. The molecule has 0 fully saturated rings. The third-order valence-corrected chi connectivity index (χ3v) is 5.88. The Morgan fingerprint density at radius 1 is 1.03 bits per heavy atom. The maximum atomic E-state index is 14.2. The lowest BCUT2D eigenvalue weighted by Crippen LogP contribution is -2.11. The Morgan fingerprint density at radius 2 is 1.79 bits per heavy atom. The highest BCUT2D eigenvalue weighted by molar-refractivity contribution is 7.07. The van der Waals surface area contributed by atoms with Crippen molar-refractivity contribution in [2.45, 2.75) is 0 Å². The number of nitrogens with one attached hydrogen (secondary N) is 1. The van der Waals surface area contributed by atoms with Crippen molar-refractivity contribution in [1.82, 2.24) is 9.66 Å². The van der Waals surface area contributed by atoms with Gasteiger partial charge >= 0.3 is 0 Å². The largest absolute Gasteiger partial charge is 0.361 e. The topological polar surface area (TPSA) is 88.6 Å². The highest BCUT2D eigenvalue weighted by Gasteiger charge is 2.11. The van der Waals surface area contributed by atoms with Gasteiger partial charge in [0, 0.05) is 45.7 Å². The van der Waals surface area contributed by atoms with Gasteiger partial charge in [0.05, 0.1) is 16.8 Å². The van der Waals surface area contributed by atoms with Crippen LogP contribution in [0.5, 0.6) is 0 Å². The first kappa shape index (κ1) is 20.5. The number of hydrogen-bond donors (Lipinski definition) is 1. The zero-order valence-corrected chi connectivity index (χ0v) is 17.9. The summed E-state index contributed by atoms with van der Waals surface area (Å²) in [5.41, 5.74) is 3.48. The van der Waals surface area contributed by atoms with Crippen molar-refractivity contribution < 1.29 is 9.31 Å². The second-order valence-corrected chi connectivity index (χ2v) is 7.95. The molecular formula is C24H16FN5O2S. The van der Waals surface area contributed by atoms with E-state index in [2.05, 4.69) is 15.1 Å². The van der Waals surface area contributed by atoms with Crippen LogP contribution in [0.4, 0.5) is 15.8 Å². The number of non-ortho nitro benzene ring substituents is 1. The summed E-state index contributed by atoms with van der Waals surface area (Å²) in [6.07, 6.45) is 3.57. The monoisotopic (exact) mass is 457 g/mol. The Hall–Kier alpha value is -4.37. The lowest BCUT2D eigenvalue weighted by Gasteiger charge is -2.04. The van der Waals surface area contributed by atoms with E-state index < -0.39 is 10.7 Å². The number of nitro benzene ring substituents is 1. The molecule has 9 heteroatoms. The highest BCUT2D eigenvalue weighted by Crippen LogP contribution is 2.24. The summed E-state index contributed by atoms with van der Waals surface area (Å²) < 4.78 is 15.8. The van der Waals surface area contributed by atoms with Crippen molar-refractivity contribution in [1.29, 1.82) is 0 Å². The minimum atomic E-state index is -0.445. The van der Waals surface area contributed by atoms with Gasteiger partial charge in [-0.15, -0.1) is 11.3 Å². The minimum absolute atomic E-state index is 0.000842. The predicted octanol–water partition coefficient (Wildman–Crippen LogP) is 5.86. The summed E-state index contributed by atoms with van der Waals surface area (Å²) >= 11 is 1.30. The molecule has 0 saturated carbocycles. The molecule has 0 aliphatic carbocycles. The average Bonchev–Trinajstić information content (AvgIpc) is 3.43. The van der Waals surface area contributed by atoms with Crippen molar-refractivity contribution >= 4 is 39.8 Å². The zero-order chi connectivity index (χ0) is 22.8. The van der Waals surface area contributed by atoms with Crippen LogP contribution in [-0.2, 0) is 0 Å². The second-order valence-electron chi connectivity index (χ2n) is 7.12. The van der Waals surface area contributed by atoms with Crippen molar-refractivity contribution in [2.75, 3.05) is 0 Å². The Kier molecular flexibility index (Phi) is 5.37. The first-order chi connectivity index (χ1) is 16.1. The molecule has 0 saturated heterocycles. The summed E-state index contributed by atoms with van der Waals surface area (Å²) in [5, 5.41) is 18.5. The van der Waals surface area contributed by atoms with Gasteiger partial charge in [-0.25, -0.2) is 14.1 Å².